The van der Waals surface area contributed by atoms with Crippen LogP contribution >= 0.6 is 22.9 Å². The fraction of sp³-hybridized carbons (Fsp3) is 0.267. The molecule has 7 heteroatoms. The Bertz CT molecular complexity index is 856. The first-order chi connectivity index (χ1) is 10.5. The van der Waals surface area contributed by atoms with Crippen LogP contribution in [0.3, 0.4) is 0 Å². The molecule has 0 spiro atoms. The Hall–Kier alpha value is -1.76. The van der Waals surface area contributed by atoms with E-state index in [-0.39, 0.29) is 5.56 Å². The SMILES string of the molecule is Cc1cc(=O)n2nc(CN(C)Cc3ccc(Cl)cc3)sc2n1. The van der Waals surface area contributed by atoms with Crippen molar-refractivity contribution in [2.75, 3.05) is 7.05 Å². The van der Waals surface area contributed by atoms with E-state index in [1.54, 1.807) is 0 Å². The van der Waals surface area contributed by atoms with Crippen LogP contribution in [0, 0.1) is 6.92 Å². The van der Waals surface area contributed by atoms with Crippen LogP contribution in [0.1, 0.15) is 16.3 Å². The zero-order valence-electron chi connectivity index (χ0n) is 12.3. The van der Waals surface area contributed by atoms with Gasteiger partial charge in [0.25, 0.3) is 5.56 Å². The molecule has 0 N–H and O–H groups in total. The summed E-state index contributed by atoms with van der Waals surface area (Å²) in [6, 6.07) is 9.27. The Labute approximate surface area is 136 Å². The summed E-state index contributed by atoms with van der Waals surface area (Å²) in [5.41, 5.74) is 1.76. The monoisotopic (exact) mass is 334 g/mol. The molecule has 0 amide bonds. The number of rotatable bonds is 4. The Morgan fingerprint density at radius 1 is 1.27 bits per heavy atom. The van der Waals surface area contributed by atoms with Crippen LogP contribution in [0.2, 0.25) is 5.02 Å². The average Bonchev–Trinajstić information content (AvgIpc) is 2.84. The number of benzene rings is 1. The van der Waals surface area contributed by atoms with Gasteiger partial charge in [0, 0.05) is 23.3 Å². The van der Waals surface area contributed by atoms with E-state index in [0.717, 1.165) is 22.3 Å². The van der Waals surface area contributed by atoms with Gasteiger partial charge in [0.15, 0.2) is 0 Å². The predicted octanol–water partition coefficient (Wildman–Crippen LogP) is 2.74. The average molecular weight is 335 g/mol. The lowest BCUT2D eigenvalue weighted by Crippen LogP contribution is -2.18. The van der Waals surface area contributed by atoms with Gasteiger partial charge in [-0.1, -0.05) is 35.1 Å². The van der Waals surface area contributed by atoms with Crippen LogP contribution in [0.4, 0.5) is 0 Å². The van der Waals surface area contributed by atoms with Gasteiger partial charge in [-0.15, -0.1) is 0 Å². The zero-order valence-corrected chi connectivity index (χ0v) is 13.9. The summed E-state index contributed by atoms with van der Waals surface area (Å²) in [5.74, 6) is 0. The lowest BCUT2D eigenvalue weighted by molar-refractivity contribution is 0.317. The van der Waals surface area contributed by atoms with Crippen LogP contribution < -0.4 is 5.56 Å². The molecule has 3 rings (SSSR count). The lowest BCUT2D eigenvalue weighted by atomic mass is 10.2. The number of aryl methyl sites for hydroxylation is 1. The van der Waals surface area contributed by atoms with Crippen molar-refractivity contribution in [3.05, 3.63) is 62.0 Å². The molecule has 0 bridgehead atoms. The van der Waals surface area contributed by atoms with E-state index in [2.05, 4.69) is 15.0 Å². The minimum Gasteiger partial charge on any atom is -0.295 e. The fourth-order valence-electron chi connectivity index (χ4n) is 2.21. The van der Waals surface area contributed by atoms with Crippen molar-refractivity contribution in [1.82, 2.24) is 19.5 Å². The van der Waals surface area contributed by atoms with Gasteiger partial charge in [0.2, 0.25) is 4.96 Å². The van der Waals surface area contributed by atoms with Gasteiger partial charge < -0.3 is 0 Å². The predicted molar refractivity (Wildman–Crippen MR) is 88.5 cm³/mol. The molecule has 0 atom stereocenters. The first-order valence-corrected chi connectivity index (χ1v) is 8.00. The number of aromatic nitrogens is 3. The maximum atomic E-state index is 11.9. The van der Waals surface area contributed by atoms with Gasteiger partial charge in [0.1, 0.15) is 5.01 Å². The van der Waals surface area contributed by atoms with Crippen LogP contribution in [0.5, 0.6) is 0 Å². The van der Waals surface area contributed by atoms with Crippen molar-refractivity contribution in [3.63, 3.8) is 0 Å². The second-order valence-corrected chi connectivity index (χ2v) is 6.70. The van der Waals surface area contributed by atoms with Gasteiger partial charge in [-0.2, -0.15) is 9.61 Å². The van der Waals surface area contributed by atoms with Crippen molar-refractivity contribution in [2.45, 2.75) is 20.0 Å². The van der Waals surface area contributed by atoms with Gasteiger partial charge in [0.05, 0.1) is 6.54 Å². The van der Waals surface area contributed by atoms with Crippen LogP contribution in [-0.4, -0.2) is 26.5 Å². The van der Waals surface area contributed by atoms with Crippen LogP contribution in [-0.2, 0) is 13.1 Å². The largest absolute Gasteiger partial charge is 0.295 e. The number of nitrogens with zero attached hydrogens (tertiary/aromatic N) is 4. The molecule has 5 nitrogen and oxygen atoms in total. The third-order valence-electron chi connectivity index (χ3n) is 3.19. The second-order valence-electron chi connectivity index (χ2n) is 5.22. The molecule has 0 aliphatic carbocycles. The van der Waals surface area contributed by atoms with Crippen LogP contribution in [0.15, 0.2) is 35.1 Å². The fourth-order valence-corrected chi connectivity index (χ4v) is 3.36. The number of hydrogen-bond donors (Lipinski definition) is 0. The maximum Gasteiger partial charge on any atom is 0.275 e. The summed E-state index contributed by atoms with van der Waals surface area (Å²) in [4.78, 5) is 19.0. The third-order valence-corrected chi connectivity index (χ3v) is 4.33. The van der Waals surface area contributed by atoms with Gasteiger partial charge in [-0.25, -0.2) is 4.98 Å². The summed E-state index contributed by atoms with van der Waals surface area (Å²) in [5, 5.41) is 5.95. The highest BCUT2D eigenvalue weighted by Gasteiger charge is 2.10. The summed E-state index contributed by atoms with van der Waals surface area (Å²) >= 11 is 7.33. The van der Waals surface area contributed by atoms with Crippen molar-refractivity contribution in [3.8, 4) is 0 Å². The second kappa shape index (κ2) is 6.16. The highest BCUT2D eigenvalue weighted by atomic mass is 35.5. The Morgan fingerprint density at radius 2 is 2.00 bits per heavy atom. The molecule has 114 valence electrons. The first-order valence-electron chi connectivity index (χ1n) is 6.80. The third kappa shape index (κ3) is 3.35. The first kappa shape index (κ1) is 15.1. The van der Waals surface area contributed by atoms with Gasteiger partial charge in [-0.3, -0.25) is 9.69 Å². The molecule has 2 heterocycles. The van der Waals surface area contributed by atoms with Crippen molar-refractivity contribution in [2.24, 2.45) is 0 Å². The Kier molecular flexibility index (Phi) is 4.24. The van der Waals surface area contributed by atoms with Gasteiger partial charge >= 0.3 is 0 Å². The summed E-state index contributed by atoms with van der Waals surface area (Å²) in [6.45, 7) is 3.26. The van der Waals surface area contributed by atoms with E-state index in [4.69, 9.17) is 11.6 Å². The summed E-state index contributed by atoms with van der Waals surface area (Å²) < 4.78 is 1.36. The van der Waals surface area contributed by atoms with E-state index in [0.29, 0.717) is 11.5 Å². The van der Waals surface area contributed by atoms with E-state index >= 15 is 0 Å². The number of hydrogen-bond acceptors (Lipinski definition) is 5. The summed E-state index contributed by atoms with van der Waals surface area (Å²) in [7, 11) is 2.02. The highest BCUT2D eigenvalue weighted by Crippen LogP contribution is 2.15. The molecule has 0 fully saturated rings. The quantitative estimate of drug-likeness (QED) is 0.736. The minimum atomic E-state index is -0.134. The molecule has 0 radical (unpaired) electrons. The molecule has 22 heavy (non-hydrogen) atoms. The van der Waals surface area contributed by atoms with E-state index < -0.39 is 0 Å². The van der Waals surface area contributed by atoms with Gasteiger partial charge in [-0.05, 0) is 31.7 Å². The molecule has 0 saturated heterocycles. The van der Waals surface area contributed by atoms with Crippen molar-refractivity contribution in [1.29, 1.82) is 0 Å². The van der Waals surface area contributed by atoms with E-state index in [1.165, 1.54) is 27.5 Å². The molecule has 0 aliphatic rings. The van der Waals surface area contributed by atoms with E-state index in [9.17, 15) is 4.79 Å². The Morgan fingerprint density at radius 3 is 2.73 bits per heavy atom. The number of fused-ring (bicyclic) bond motifs is 1. The molecule has 1 aromatic carbocycles. The van der Waals surface area contributed by atoms with Crippen molar-refractivity contribution >= 4 is 27.9 Å². The molecule has 0 unspecified atom stereocenters. The van der Waals surface area contributed by atoms with E-state index in [1.807, 2.05) is 38.2 Å². The topological polar surface area (TPSA) is 50.5 Å². The Balaban J connectivity index is 1.76. The summed E-state index contributed by atoms with van der Waals surface area (Å²) in [6.07, 6.45) is 0. The molecule has 3 aromatic rings. The minimum absolute atomic E-state index is 0.134. The molecule has 2 aromatic heterocycles. The molecular formula is C15H15ClN4OS. The molecular weight excluding hydrogens is 320 g/mol. The standard InChI is InChI=1S/C15H15ClN4OS/c1-10-7-14(21)20-15(17-10)22-13(18-20)9-19(2)8-11-3-5-12(16)6-4-11/h3-7H,8-9H2,1-2H3. The van der Waals surface area contributed by atoms with Crippen molar-refractivity contribution < 1.29 is 0 Å². The molecule has 0 aliphatic heterocycles. The van der Waals surface area contributed by atoms with Crippen LogP contribution in [0.25, 0.3) is 4.96 Å². The smallest absolute Gasteiger partial charge is 0.275 e. The zero-order chi connectivity index (χ0) is 15.7. The normalized spacial score (nSPS) is 11.5. The number of halogens is 1. The maximum absolute atomic E-state index is 11.9. The highest BCUT2D eigenvalue weighted by molar-refractivity contribution is 7.16. The lowest BCUT2D eigenvalue weighted by Gasteiger charge is -2.14. The molecule has 0 saturated carbocycles.